The van der Waals surface area contributed by atoms with Crippen LogP contribution in [0, 0.1) is 0 Å². The largest absolute Gasteiger partial charge is 0.549 e. The highest BCUT2D eigenvalue weighted by atomic mass is 79.9. The molecule has 0 fully saturated rings. The Bertz CT molecular complexity index is 621. The third kappa shape index (κ3) is 16.3. The first-order chi connectivity index (χ1) is 13.8. The van der Waals surface area contributed by atoms with Crippen molar-refractivity contribution >= 4 is 27.0 Å². The molecule has 0 aliphatic heterocycles. The minimum atomic E-state index is -3.25. The molecule has 0 bridgehead atoms. The van der Waals surface area contributed by atoms with E-state index in [9.17, 15) is 8.42 Å². The van der Waals surface area contributed by atoms with Crippen LogP contribution in [0.4, 0.5) is 0 Å². The van der Waals surface area contributed by atoms with Crippen LogP contribution >= 0.6 is 17.0 Å². The van der Waals surface area contributed by atoms with Crippen LogP contribution in [-0.4, -0.2) is 45.8 Å². The normalized spacial score (nSPS) is 12.0. The molecule has 0 saturated carbocycles. The van der Waals surface area contributed by atoms with E-state index in [1.54, 1.807) is 0 Å². The van der Waals surface area contributed by atoms with E-state index in [1.807, 2.05) is 6.07 Å². The van der Waals surface area contributed by atoms with Gasteiger partial charge in [-0.3, -0.25) is 0 Å². The van der Waals surface area contributed by atoms with Gasteiger partial charge in [0.25, 0.3) is 0 Å². The van der Waals surface area contributed by atoms with Gasteiger partial charge < -0.3 is 9.21 Å². The number of sulfonamides is 1. The Kier molecular flexibility index (Phi) is 16.9. The summed E-state index contributed by atoms with van der Waals surface area (Å²) in [5.74, 6) is 0.214. The van der Waals surface area contributed by atoms with Crippen LogP contribution < -0.4 is 0 Å². The zero-order chi connectivity index (χ0) is 21.4. The molecular formula is C24H45BrN2O2S. The summed E-state index contributed by atoms with van der Waals surface area (Å²) in [7, 11) is 1.12. The fraction of sp³-hybridized carbons (Fsp3) is 0.750. The van der Waals surface area contributed by atoms with Crippen molar-refractivity contribution in [1.82, 2.24) is 0 Å². The fourth-order valence-electron chi connectivity index (χ4n) is 3.70. The van der Waals surface area contributed by atoms with Crippen molar-refractivity contribution < 1.29 is 12.9 Å². The maximum Gasteiger partial charge on any atom is 0.104 e. The highest BCUT2D eigenvalue weighted by Gasteiger charge is 2.14. The first kappa shape index (κ1) is 29.6. The number of halogens is 1. The van der Waals surface area contributed by atoms with Gasteiger partial charge in [0.15, 0.2) is 0 Å². The Morgan fingerprint density at radius 2 is 1.33 bits per heavy atom. The zero-order valence-corrected chi connectivity index (χ0v) is 22.1. The lowest BCUT2D eigenvalue weighted by Crippen LogP contribution is -2.39. The average molecular weight is 506 g/mol. The van der Waals surface area contributed by atoms with Gasteiger partial charge in [0, 0.05) is 11.3 Å². The maximum absolute atomic E-state index is 12.1. The summed E-state index contributed by atoms with van der Waals surface area (Å²) in [4.78, 5) is 0. The minimum absolute atomic E-state index is 0. The molecule has 6 heteroatoms. The summed E-state index contributed by atoms with van der Waals surface area (Å²) in [6.07, 6.45) is 12.9. The molecule has 1 rings (SSSR count). The van der Waals surface area contributed by atoms with Crippen molar-refractivity contribution in [2.45, 2.75) is 84.1 Å². The molecule has 0 heterocycles. The molecule has 0 amide bonds. The molecule has 30 heavy (non-hydrogen) atoms. The summed E-state index contributed by atoms with van der Waals surface area (Å²) < 4.78 is 29.1. The molecule has 0 unspecified atom stereocenters. The molecule has 0 aliphatic rings. The third-order valence-electron chi connectivity index (χ3n) is 5.42. The van der Waals surface area contributed by atoms with Gasteiger partial charge >= 0.3 is 0 Å². The number of hydrogen-bond acceptors (Lipinski definition) is 2. The number of rotatable bonds is 18. The Labute approximate surface area is 197 Å². The molecule has 176 valence electrons. The number of unbranched alkanes of at least 4 members (excludes halogenated alkanes) is 9. The molecule has 0 N–H and O–H groups in total. The van der Waals surface area contributed by atoms with Crippen LogP contribution in [-0.2, 0) is 16.6 Å². The molecule has 0 radical (unpaired) electrons. The molecule has 0 aliphatic carbocycles. The summed E-state index contributed by atoms with van der Waals surface area (Å²) in [6, 6.07) is 10.4. The van der Waals surface area contributed by atoms with Crippen molar-refractivity contribution in [1.29, 1.82) is 0 Å². The van der Waals surface area contributed by atoms with Gasteiger partial charge in [-0.2, -0.15) is 0 Å². The minimum Gasteiger partial charge on any atom is -0.549 e. The lowest BCUT2D eigenvalue weighted by Gasteiger charge is -2.31. The van der Waals surface area contributed by atoms with Crippen molar-refractivity contribution in [3.63, 3.8) is 0 Å². The molecule has 0 saturated heterocycles. The Morgan fingerprint density at radius 3 is 1.90 bits per heavy atom. The van der Waals surface area contributed by atoms with Gasteiger partial charge in [0.05, 0.1) is 30.7 Å². The molecule has 4 nitrogen and oxygen atoms in total. The van der Waals surface area contributed by atoms with Crippen LogP contribution in [0.15, 0.2) is 30.3 Å². The van der Waals surface area contributed by atoms with Gasteiger partial charge in [0.1, 0.15) is 6.54 Å². The van der Waals surface area contributed by atoms with Crippen molar-refractivity contribution in [2.75, 3.05) is 32.9 Å². The van der Waals surface area contributed by atoms with Crippen LogP contribution in [0.25, 0.3) is 4.72 Å². The second kappa shape index (κ2) is 17.2. The average Bonchev–Trinajstić information content (AvgIpc) is 2.67. The van der Waals surface area contributed by atoms with E-state index in [-0.39, 0.29) is 22.7 Å². The maximum atomic E-state index is 12.1. The van der Waals surface area contributed by atoms with E-state index in [1.165, 1.54) is 50.5 Å². The molecule has 0 spiro atoms. The van der Waals surface area contributed by atoms with Gasteiger partial charge in [-0.1, -0.05) is 95.0 Å². The molecular weight excluding hydrogens is 460 g/mol. The van der Waals surface area contributed by atoms with E-state index in [0.717, 1.165) is 43.3 Å². The highest BCUT2D eigenvalue weighted by Crippen LogP contribution is 2.14. The lowest BCUT2D eigenvalue weighted by atomic mass is 10.1. The first-order valence-corrected chi connectivity index (χ1v) is 13.2. The predicted octanol–water partition coefficient (Wildman–Crippen LogP) is 6.86. The van der Waals surface area contributed by atoms with E-state index < -0.39 is 10.0 Å². The summed E-state index contributed by atoms with van der Waals surface area (Å²) >= 11 is 0. The zero-order valence-electron chi connectivity index (χ0n) is 19.5. The predicted molar refractivity (Wildman–Crippen MR) is 136 cm³/mol. The van der Waals surface area contributed by atoms with E-state index in [0.29, 0.717) is 6.54 Å². The summed E-state index contributed by atoms with van der Waals surface area (Å²) in [6.45, 7) is 4.53. The van der Waals surface area contributed by atoms with Crippen LogP contribution in [0.2, 0.25) is 0 Å². The molecule has 0 atom stereocenters. The number of quaternary nitrogens is 1. The van der Waals surface area contributed by atoms with Gasteiger partial charge in [-0.15, -0.1) is 23.5 Å². The summed E-state index contributed by atoms with van der Waals surface area (Å²) in [5, 5.41) is 0. The molecule has 1 aromatic rings. The van der Waals surface area contributed by atoms with Crippen molar-refractivity contribution in [3.05, 3.63) is 40.6 Å². The monoisotopic (exact) mass is 504 g/mol. The Morgan fingerprint density at radius 1 is 0.800 bits per heavy atom. The van der Waals surface area contributed by atoms with Gasteiger partial charge in [-0.05, 0) is 12.8 Å². The third-order valence-corrected chi connectivity index (χ3v) is 6.80. The van der Waals surface area contributed by atoms with Gasteiger partial charge in [-0.25, -0.2) is 8.42 Å². The van der Waals surface area contributed by atoms with E-state index in [2.05, 4.69) is 50.0 Å². The SMILES string of the molecule is Br.CCCCCCCCCCCCS(=O)(=O)[N-]CCC[N+](C)(C)Cc1ccccc1. The smallest absolute Gasteiger partial charge is 0.104 e. The van der Waals surface area contributed by atoms with Gasteiger partial charge in [0.2, 0.25) is 0 Å². The van der Waals surface area contributed by atoms with Crippen molar-refractivity contribution in [3.8, 4) is 0 Å². The Hall–Kier alpha value is -0.430. The van der Waals surface area contributed by atoms with E-state index in [4.69, 9.17) is 0 Å². The molecule has 1 aromatic carbocycles. The standard InChI is InChI=1S/C24H44N2O2S.BrH/c1-4-5-6-7-8-9-10-11-12-16-22-29(27,28)25-20-17-21-26(2,3)23-24-18-14-13-15-19-24;/h13-15,18-19H,4-12,16-17,20-23H2,1-3H3;1H. The van der Waals surface area contributed by atoms with Crippen LogP contribution in [0.3, 0.4) is 0 Å². The number of benzene rings is 1. The summed E-state index contributed by atoms with van der Waals surface area (Å²) in [5.41, 5.74) is 1.31. The van der Waals surface area contributed by atoms with Crippen molar-refractivity contribution in [2.24, 2.45) is 0 Å². The van der Waals surface area contributed by atoms with E-state index >= 15 is 0 Å². The number of hydrogen-bond donors (Lipinski definition) is 0. The first-order valence-electron chi connectivity index (χ1n) is 11.6. The lowest BCUT2D eigenvalue weighted by molar-refractivity contribution is -0.903. The second-order valence-electron chi connectivity index (χ2n) is 8.98. The highest BCUT2D eigenvalue weighted by molar-refractivity contribution is 8.93. The fourth-order valence-corrected chi connectivity index (χ4v) is 4.80. The quantitative estimate of drug-likeness (QED) is 0.162. The number of nitrogens with zero attached hydrogens (tertiary/aromatic N) is 2. The van der Waals surface area contributed by atoms with Crippen LogP contribution in [0.5, 0.6) is 0 Å². The molecule has 0 aromatic heterocycles. The second-order valence-corrected chi connectivity index (χ2v) is 10.8. The van der Waals surface area contributed by atoms with Crippen LogP contribution in [0.1, 0.15) is 83.1 Å². The Balaban J connectivity index is 0.00000841. The topological polar surface area (TPSA) is 48.2 Å².